The maximum absolute atomic E-state index is 6.13. The Bertz CT molecular complexity index is 313. The van der Waals surface area contributed by atoms with Gasteiger partial charge in [0, 0.05) is 6.04 Å². The number of benzene rings is 1. The van der Waals surface area contributed by atoms with E-state index in [0.717, 1.165) is 6.42 Å². The molecule has 0 bridgehead atoms. The van der Waals surface area contributed by atoms with Crippen LogP contribution in [-0.2, 0) is 0 Å². The van der Waals surface area contributed by atoms with Gasteiger partial charge in [-0.3, -0.25) is 0 Å². The Hall–Kier alpha value is -1.08. The summed E-state index contributed by atoms with van der Waals surface area (Å²) in [6.07, 6.45) is 7.20. The second-order valence-electron chi connectivity index (χ2n) is 3.98. The first-order valence-electron chi connectivity index (χ1n) is 5.34. The van der Waals surface area contributed by atoms with Gasteiger partial charge >= 0.3 is 0 Å². The highest BCUT2D eigenvalue weighted by atomic mass is 14.6. The summed E-state index contributed by atoms with van der Waals surface area (Å²) < 4.78 is 0. The molecule has 0 radical (unpaired) electrons. The molecule has 1 aliphatic rings. The molecule has 0 aliphatic heterocycles. The lowest BCUT2D eigenvalue weighted by Crippen LogP contribution is -2.10. The van der Waals surface area contributed by atoms with Gasteiger partial charge in [0.15, 0.2) is 0 Å². The second kappa shape index (κ2) is 4.43. The molecule has 0 saturated carbocycles. The van der Waals surface area contributed by atoms with Crippen molar-refractivity contribution in [2.45, 2.75) is 31.7 Å². The van der Waals surface area contributed by atoms with E-state index in [1.54, 1.807) is 5.57 Å². The summed E-state index contributed by atoms with van der Waals surface area (Å²) in [4.78, 5) is 0. The van der Waals surface area contributed by atoms with E-state index < -0.39 is 0 Å². The van der Waals surface area contributed by atoms with E-state index in [0.29, 0.717) is 0 Å². The molecule has 1 aliphatic carbocycles. The minimum absolute atomic E-state index is 0.181. The average molecular weight is 187 g/mol. The second-order valence-corrected chi connectivity index (χ2v) is 3.98. The monoisotopic (exact) mass is 187 g/mol. The molecule has 0 saturated heterocycles. The van der Waals surface area contributed by atoms with E-state index in [1.807, 2.05) is 6.07 Å². The van der Waals surface area contributed by atoms with E-state index in [1.165, 1.54) is 24.8 Å². The third-order valence-corrected chi connectivity index (χ3v) is 2.84. The maximum atomic E-state index is 6.13. The van der Waals surface area contributed by atoms with Gasteiger partial charge in [0.25, 0.3) is 0 Å². The Morgan fingerprint density at radius 2 is 2.00 bits per heavy atom. The van der Waals surface area contributed by atoms with Gasteiger partial charge in [-0.1, -0.05) is 42.0 Å². The largest absolute Gasteiger partial charge is 0.324 e. The highest BCUT2D eigenvalue weighted by Gasteiger charge is 2.10. The summed E-state index contributed by atoms with van der Waals surface area (Å²) in [6, 6.07) is 10.5. The molecule has 14 heavy (non-hydrogen) atoms. The zero-order valence-electron chi connectivity index (χ0n) is 8.45. The standard InChI is InChI=1S/C13H17N/c14-13(10-11-6-4-5-7-11)12-8-2-1-3-9-12/h1-3,6,8-9,13H,4-5,7,10,14H2. The first-order valence-corrected chi connectivity index (χ1v) is 5.34. The molecule has 1 aromatic carbocycles. The molecule has 0 spiro atoms. The van der Waals surface area contributed by atoms with Crippen LogP contribution in [0, 0.1) is 0 Å². The van der Waals surface area contributed by atoms with Crippen molar-refractivity contribution in [2.24, 2.45) is 5.73 Å². The van der Waals surface area contributed by atoms with Crippen molar-refractivity contribution in [3.63, 3.8) is 0 Å². The van der Waals surface area contributed by atoms with Crippen molar-refractivity contribution in [1.82, 2.24) is 0 Å². The number of allylic oxidation sites excluding steroid dienone is 1. The first kappa shape index (κ1) is 9.47. The Morgan fingerprint density at radius 1 is 1.21 bits per heavy atom. The zero-order chi connectivity index (χ0) is 9.80. The molecule has 1 heteroatoms. The predicted molar refractivity (Wildman–Crippen MR) is 59.9 cm³/mol. The lowest BCUT2D eigenvalue weighted by atomic mass is 9.99. The Labute approximate surface area is 85.6 Å². The fraction of sp³-hybridized carbons (Fsp3) is 0.385. The first-order chi connectivity index (χ1) is 6.86. The van der Waals surface area contributed by atoms with Crippen LogP contribution in [0.5, 0.6) is 0 Å². The molecule has 1 aromatic rings. The maximum Gasteiger partial charge on any atom is 0.0332 e. The SMILES string of the molecule is NC(CC1=CCCC1)c1ccccc1. The molecule has 0 fully saturated rings. The van der Waals surface area contributed by atoms with Gasteiger partial charge in [0.05, 0.1) is 0 Å². The van der Waals surface area contributed by atoms with E-state index in [-0.39, 0.29) is 6.04 Å². The summed E-state index contributed by atoms with van der Waals surface area (Å²) in [5.74, 6) is 0. The zero-order valence-corrected chi connectivity index (χ0v) is 8.45. The molecular formula is C13H17N. The van der Waals surface area contributed by atoms with Crippen LogP contribution in [-0.4, -0.2) is 0 Å². The summed E-state index contributed by atoms with van der Waals surface area (Å²) in [5.41, 5.74) is 8.93. The Morgan fingerprint density at radius 3 is 2.64 bits per heavy atom. The van der Waals surface area contributed by atoms with Crippen molar-refractivity contribution in [3.8, 4) is 0 Å². The van der Waals surface area contributed by atoms with Crippen LogP contribution in [0.3, 0.4) is 0 Å². The molecule has 0 heterocycles. The van der Waals surface area contributed by atoms with E-state index in [2.05, 4.69) is 30.3 Å². The van der Waals surface area contributed by atoms with Crippen molar-refractivity contribution >= 4 is 0 Å². The van der Waals surface area contributed by atoms with Crippen LogP contribution < -0.4 is 5.73 Å². The normalized spacial score (nSPS) is 17.9. The number of nitrogens with two attached hydrogens (primary N) is 1. The molecule has 2 rings (SSSR count). The van der Waals surface area contributed by atoms with Crippen molar-refractivity contribution in [3.05, 3.63) is 47.5 Å². The summed E-state index contributed by atoms with van der Waals surface area (Å²) >= 11 is 0. The Balaban J connectivity index is 1.99. The van der Waals surface area contributed by atoms with Crippen LogP contribution in [0.4, 0.5) is 0 Å². The molecule has 2 N–H and O–H groups in total. The van der Waals surface area contributed by atoms with Gasteiger partial charge in [-0.25, -0.2) is 0 Å². The molecule has 0 aromatic heterocycles. The number of hydrogen-bond acceptors (Lipinski definition) is 1. The molecule has 74 valence electrons. The minimum Gasteiger partial charge on any atom is -0.324 e. The summed E-state index contributed by atoms with van der Waals surface area (Å²) in [7, 11) is 0. The van der Waals surface area contributed by atoms with Crippen LogP contribution in [0.2, 0.25) is 0 Å². The van der Waals surface area contributed by atoms with Crippen LogP contribution in [0.15, 0.2) is 42.0 Å². The molecule has 0 amide bonds. The highest BCUT2D eigenvalue weighted by molar-refractivity contribution is 5.21. The quantitative estimate of drug-likeness (QED) is 0.722. The van der Waals surface area contributed by atoms with Crippen LogP contribution in [0.1, 0.15) is 37.3 Å². The molecule has 1 atom stereocenters. The Kier molecular flexibility index (Phi) is 3.00. The van der Waals surface area contributed by atoms with Gasteiger partial charge < -0.3 is 5.73 Å². The topological polar surface area (TPSA) is 26.0 Å². The van der Waals surface area contributed by atoms with E-state index >= 15 is 0 Å². The third-order valence-electron chi connectivity index (χ3n) is 2.84. The number of hydrogen-bond donors (Lipinski definition) is 1. The smallest absolute Gasteiger partial charge is 0.0332 e. The van der Waals surface area contributed by atoms with Crippen molar-refractivity contribution in [2.75, 3.05) is 0 Å². The van der Waals surface area contributed by atoms with E-state index in [4.69, 9.17) is 5.73 Å². The van der Waals surface area contributed by atoms with Gasteiger partial charge in [0.1, 0.15) is 0 Å². The minimum atomic E-state index is 0.181. The van der Waals surface area contributed by atoms with Crippen molar-refractivity contribution < 1.29 is 0 Å². The average Bonchev–Trinajstić information content (AvgIpc) is 2.72. The van der Waals surface area contributed by atoms with Gasteiger partial charge in [0.2, 0.25) is 0 Å². The number of rotatable bonds is 3. The third kappa shape index (κ3) is 2.24. The highest BCUT2D eigenvalue weighted by Crippen LogP contribution is 2.26. The predicted octanol–water partition coefficient (Wildman–Crippen LogP) is 3.19. The van der Waals surface area contributed by atoms with Gasteiger partial charge in [-0.05, 0) is 31.2 Å². The molecule has 1 nitrogen and oxygen atoms in total. The lowest BCUT2D eigenvalue weighted by molar-refractivity contribution is 0.697. The van der Waals surface area contributed by atoms with Crippen LogP contribution in [0.25, 0.3) is 0 Å². The van der Waals surface area contributed by atoms with Crippen LogP contribution >= 0.6 is 0 Å². The summed E-state index contributed by atoms with van der Waals surface area (Å²) in [5, 5.41) is 0. The van der Waals surface area contributed by atoms with Crippen molar-refractivity contribution in [1.29, 1.82) is 0 Å². The van der Waals surface area contributed by atoms with E-state index in [9.17, 15) is 0 Å². The van der Waals surface area contributed by atoms with Gasteiger partial charge in [-0.2, -0.15) is 0 Å². The lowest BCUT2D eigenvalue weighted by Gasteiger charge is -2.12. The fourth-order valence-corrected chi connectivity index (χ4v) is 2.02. The fourth-order valence-electron chi connectivity index (χ4n) is 2.02. The van der Waals surface area contributed by atoms with Gasteiger partial charge in [-0.15, -0.1) is 0 Å². The molecular weight excluding hydrogens is 170 g/mol. The summed E-state index contributed by atoms with van der Waals surface area (Å²) in [6.45, 7) is 0. The molecule has 1 unspecified atom stereocenters.